The van der Waals surface area contributed by atoms with E-state index < -0.39 is 0 Å². The number of hydrogen-bond donors (Lipinski definition) is 0. The molecule has 124 valence electrons. The predicted octanol–water partition coefficient (Wildman–Crippen LogP) is 3.03. The lowest BCUT2D eigenvalue weighted by Crippen LogP contribution is -2.29. The van der Waals surface area contributed by atoms with Gasteiger partial charge in [-0.1, -0.05) is 18.2 Å². The highest BCUT2D eigenvalue weighted by Crippen LogP contribution is 2.35. The molecule has 0 N–H and O–H groups in total. The quantitative estimate of drug-likeness (QED) is 0.672. The van der Waals surface area contributed by atoms with E-state index in [2.05, 4.69) is 44.5 Å². The van der Waals surface area contributed by atoms with Gasteiger partial charge in [-0.15, -0.1) is 5.10 Å². The van der Waals surface area contributed by atoms with Gasteiger partial charge in [0, 0.05) is 36.8 Å². The first-order chi connectivity index (χ1) is 11.8. The monoisotopic (exact) mass is 342 g/mol. The number of para-hydroxylation sites is 1. The molecule has 2 aliphatic heterocycles. The van der Waals surface area contributed by atoms with Crippen LogP contribution < -0.4 is 0 Å². The van der Waals surface area contributed by atoms with E-state index in [1.54, 1.807) is 0 Å². The molecule has 1 fully saturated rings. The largest absolute Gasteiger partial charge is 0.346 e. The summed E-state index contributed by atoms with van der Waals surface area (Å²) < 4.78 is 6.22. The highest BCUT2D eigenvalue weighted by atomic mass is 35.5. The average Bonchev–Trinajstić information content (AvgIpc) is 3.22. The second-order valence-electron chi connectivity index (χ2n) is 6.74. The molecule has 24 heavy (non-hydrogen) atoms. The molecule has 0 unspecified atom stereocenters. The third-order valence-electron chi connectivity index (χ3n) is 5.32. The van der Waals surface area contributed by atoms with Crippen LogP contribution in [0.15, 0.2) is 24.4 Å². The summed E-state index contributed by atoms with van der Waals surface area (Å²) in [7, 11) is 0. The van der Waals surface area contributed by atoms with E-state index >= 15 is 0 Å². The topological polar surface area (TPSA) is 51.8 Å². The van der Waals surface area contributed by atoms with Gasteiger partial charge in [0.25, 0.3) is 0 Å². The molecule has 7 heteroatoms. The van der Waals surface area contributed by atoms with Crippen LogP contribution in [0.3, 0.4) is 0 Å². The molecule has 5 rings (SSSR count). The maximum Gasteiger partial charge on any atom is 0.184 e. The lowest BCUT2D eigenvalue weighted by atomic mass is 10.0. The summed E-state index contributed by atoms with van der Waals surface area (Å²) >= 11 is 6.09. The van der Waals surface area contributed by atoms with Crippen LogP contribution in [0.1, 0.15) is 30.9 Å². The van der Waals surface area contributed by atoms with Crippen LogP contribution in [-0.4, -0.2) is 42.3 Å². The Balaban J connectivity index is 1.62. The molecule has 0 amide bonds. The van der Waals surface area contributed by atoms with Gasteiger partial charge < -0.3 is 4.57 Å². The van der Waals surface area contributed by atoms with Crippen molar-refractivity contribution in [2.45, 2.75) is 38.3 Å². The maximum atomic E-state index is 6.09. The highest BCUT2D eigenvalue weighted by molar-refractivity contribution is 6.13. The molecule has 2 aromatic heterocycles. The Kier molecular flexibility index (Phi) is 3.35. The minimum absolute atomic E-state index is 0.316. The zero-order chi connectivity index (χ0) is 16.1. The SMILES string of the molecule is ClN1CCC(n2nnnc2-c2cn3c4c(cccc24)CCC3)CC1. The molecule has 0 saturated carbocycles. The normalized spacial score (nSPS) is 19.2. The smallest absolute Gasteiger partial charge is 0.184 e. The number of piperidine rings is 1. The van der Waals surface area contributed by atoms with Crippen molar-refractivity contribution < 1.29 is 0 Å². The van der Waals surface area contributed by atoms with E-state index in [4.69, 9.17) is 11.8 Å². The molecule has 0 atom stereocenters. The van der Waals surface area contributed by atoms with Crippen LogP contribution in [0.5, 0.6) is 0 Å². The van der Waals surface area contributed by atoms with E-state index in [9.17, 15) is 0 Å². The highest BCUT2D eigenvalue weighted by Gasteiger charge is 2.26. The van der Waals surface area contributed by atoms with Gasteiger partial charge in [0.2, 0.25) is 0 Å². The molecule has 6 nitrogen and oxygen atoms in total. The van der Waals surface area contributed by atoms with Crippen molar-refractivity contribution in [1.82, 2.24) is 29.2 Å². The van der Waals surface area contributed by atoms with E-state index in [0.29, 0.717) is 6.04 Å². The van der Waals surface area contributed by atoms with Gasteiger partial charge in [-0.05, 0) is 53.5 Å². The van der Waals surface area contributed by atoms with E-state index in [1.807, 2.05) is 9.10 Å². The van der Waals surface area contributed by atoms with Crippen molar-refractivity contribution in [3.8, 4) is 11.4 Å². The summed E-state index contributed by atoms with van der Waals surface area (Å²) in [5.74, 6) is 0.880. The van der Waals surface area contributed by atoms with Crippen molar-refractivity contribution in [3.05, 3.63) is 30.0 Å². The molecule has 3 aromatic rings. The molecule has 0 radical (unpaired) electrons. The third-order valence-corrected chi connectivity index (χ3v) is 5.65. The minimum atomic E-state index is 0.316. The van der Waals surface area contributed by atoms with Crippen LogP contribution in [0.25, 0.3) is 22.3 Å². The second-order valence-corrected chi connectivity index (χ2v) is 7.22. The molecule has 0 bridgehead atoms. The summed E-state index contributed by atoms with van der Waals surface area (Å²) in [6.07, 6.45) is 6.53. The third kappa shape index (κ3) is 2.17. The van der Waals surface area contributed by atoms with Gasteiger partial charge in [-0.3, -0.25) is 0 Å². The molecule has 1 aromatic carbocycles. The van der Waals surface area contributed by atoms with Crippen LogP contribution in [0, 0.1) is 0 Å². The first-order valence-corrected chi connectivity index (χ1v) is 8.95. The van der Waals surface area contributed by atoms with Gasteiger partial charge in [0.05, 0.1) is 11.6 Å². The number of aryl methyl sites for hydroxylation is 2. The van der Waals surface area contributed by atoms with Crippen molar-refractivity contribution in [3.63, 3.8) is 0 Å². The molecule has 0 spiro atoms. The fourth-order valence-corrected chi connectivity index (χ4v) is 4.32. The van der Waals surface area contributed by atoms with Crippen LogP contribution in [-0.2, 0) is 13.0 Å². The summed E-state index contributed by atoms with van der Waals surface area (Å²) in [4.78, 5) is 0. The average molecular weight is 343 g/mol. The Labute approximate surface area is 145 Å². The van der Waals surface area contributed by atoms with Gasteiger partial charge in [0.15, 0.2) is 5.82 Å². The number of tetrazole rings is 1. The fourth-order valence-electron chi connectivity index (χ4n) is 4.13. The summed E-state index contributed by atoms with van der Waals surface area (Å²) in [6, 6.07) is 6.89. The van der Waals surface area contributed by atoms with Gasteiger partial charge >= 0.3 is 0 Å². The van der Waals surface area contributed by atoms with E-state index in [-0.39, 0.29) is 0 Å². The number of rotatable bonds is 2. The Hall–Kier alpha value is -1.92. The number of halogens is 1. The Morgan fingerprint density at radius 2 is 2.00 bits per heavy atom. The minimum Gasteiger partial charge on any atom is -0.346 e. The summed E-state index contributed by atoms with van der Waals surface area (Å²) in [6.45, 7) is 2.81. The van der Waals surface area contributed by atoms with Gasteiger partial charge in [-0.25, -0.2) is 9.10 Å². The summed E-state index contributed by atoms with van der Waals surface area (Å²) in [5, 5.41) is 13.9. The second kappa shape index (κ2) is 5.57. The lowest BCUT2D eigenvalue weighted by molar-refractivity contribution is 0.268. The molecule has 2 aliphatic rings. The molecule has 0 aliphatic carbocycles. The lowest BCUT2D eigenvalue weighted by Gasteiger charge is -2.27. The van der Waals surface area contributed by atoms with Gasteiger partial charge in [0.1, 0.15) is 0 Å². The summed E-state index contributed by atoms with van der Waals surface area (Å²) in [5.41, 5.74) is 3.93. The van der Waals surface area contributed by atoms with Crippen molar-refractivity contribution in [1.29, 1.82) is 0 Å². The molecule has 1 saturated heterocycles. The van der Waals surface area contributed by atoms with E-state index in [1.165, 1.54) is 22.9 Å². The van der Waals surface area contributed by atoms with Crippen molar-refractivity contribution in [2.75, 3.05) is 13.1 Å². The molecular formula is C17H19ClN6. The molecule has 4 heterocycles. The number of hydrogen-bond acceptors (Lipinski definition) is 4. The first-order valence-electron chi connectivity index (χ1n) is 8.61. The standard InChI is InChI=1S/C17H19ClN6/c18-23-9-6-13(7-10-23)24-17(19-20-21-24)15-11-22-8-2-4-12-3-1-5-14(15)16(12)22/h1,3,5,11,13H,2,4,6-10H2. The van der Waals surface area contributed by atoms with Crippen molar-refractivity contribution in [2.24, 2.45) is 0 Å². The zero-order valence-corrected chi connectivity index (χ0v) is 14.2. The molecular weight excluding hydrogens is 324 g/mol. The van der Waals surface area contributed by atoms with Crippen LogP contribution in [0.2, 0.25) is 0 Å². The number of benzene rings is 1. The number of aromatic nitrogens is 5. The van der Waals surface area contributed by atoms with Crippen LogP contribution >= 0.6 is 11.8 Å². The maximum absolute atomic E-state index is 6.09. The Morgan fingerprint density at radius 1 is 1.12 bits per heavy atom. The Morgan fingerprint density at radius 3 is 2.88 bits per heavy atom. The van der Waals surface area contributed by atoms with Crippen LogP contribution in [0.4, 0.5) is 0 Å². The fraction of sp³-hybridized carbons (Fsp3) is 0.471. The van der Waals surface area contributed by atoms with Gasteiger partial charge in [-0.2, -0.15) is 0 Å². The zero-order valence-electron chi connectivity index (χ0n) is 13.4. The first kappa shape index (κ1) is 14.4. The Bertz CT molecular complexity index is 890. The van der Waals surface area contributed by atoms with E-state index in [0.717, 1.165) is 50.3 Å². The predicted molar refractivity (Wildman–Crippen MR) is 92.8 cm³/mol. The van der Waals surface area contributed by atoms with Crippen molar-refractivity contribution >= 4 is 22.7 Å². The number of nitrogens with zero attached hydrogens (tertiary/aromatic N) is 6.